The number of rotatable bonds is 2. The van der Waals surface area contributed by atoms with E-state index in [9.17, 15) is 14.7 Å². The molecule has 1 aliphatic rings. The van der Waals surface area contributed by atoms with Gasteiger partial charge in [-0.3, -0.25) is 4.79 Å². The molecule has 0 saturated heterocycles. The molecule has 1 heterocycles. The smallest absolute Gasteiger partial charge is 0.340 e. The van der Waals surface area contributed by atoms with Crippen molar-refractivity contribution in [2.24, 2.45) is 0 Å². The summed E-state index contributed by atoms with van der Waals surface area (Å²) in [4.78, 5) is 23.3. The molecule has 2 rings (SSSR count). The number of carbonyl (C=O) groups is 2. The lowest BCUT2D eigenvalue weighted by Crippen LogP contribution is -2.48. The largest absolute Gasteiger partial charge is 0.497 e. The van der Waals surface area contributed by atoms with E-state index in [2.05, 4.69) is 10.1 Å². The summed E-state index contributed by atoms with van der Waals surface area (Å²) in [6.07, 6.45) is 0. The van der Waals surface area contributed by atoms with Crippen molar-refractivity contribution in [2.75, 3.05) is 19.5 Å². The van der Waals surface area contributed by atoms with E-state index >= 15 is 0 Å². The molecule has 7 nitrogen and oxygen atoms in total. The lowest BCUT2D eigenvalue weighted by atomic mass is 10.1. The minimum absolute atomic E-state index is 0.0840. The molecule has 0 saturated carbocycles. The molecule has 2 N–H and O–H groups in total. The zero-order chi connectivity index (χ0) is 14.2. The van der Waals surface area contributed by atoms with Gasteiger partial charge in [0.25, 0.3) is 11.7 Å². The second-order valence-corrected chi connectivity index (χ2v) is 4.08. The van der Waals surface area contributed by atoms with Crippen LogP contribution < -0.4 is 14.8 Å². The van der Waals surface area contributed by atoms with Gasteiger partial charge in [-0.1, -0.05) is 0 Å². The summed E-state index contributed by atoms with van der Waals surface area (Å²) >= 11 is 0. The van der Waals surface area contributed by atoms with Gasteiger partial charge in [-0.25, -0.2) is 4.79 Å². The average Bonchev–Trinajstić information content (AvgIpc) is 2.37. The summed E-state index contributed by atoms with van der Waals surface area (Å²) < 4.78 is 14.8. The first kappa shape index (κ1) is 13.2. The predicted molar refractivity (Wildman–Crippen MR) is 64.2 cm³/mol. The molecule has 1 aromatic rings. The van der Waals surface area contributed by atoms with Crippen molar-refractivity contribution in [2.45, 2.75) is 12.7 Å². The first-order valence-electron chi connectivity index (χ1n) is 5.42. The Bertz CT molecular complexity index is 551. The molecular formula is C12H13NO6. The highest BCUT2D eigenvalue weighted by Gasteiger charge is 2.40. The average molecular weight is 267 g/mol. The Morgan fingerprint density at radius 1 is 1.42 bits per heavy atom. The molecule has 0 bridgehead atoms. The van der Waals surface area contributed by atoms with E-state index in [1.165, 1.54) is 33.3 Å². The number of aliphatic hydroxyl groups is 1. The molecule has 7 heteroatoms. The summed E-state index contributed by atoms with van der Waals surface area (Å²) in [6, 6.07) is 2.87. The van der Waals surface area contributed by atoms with Gasteiger partial charge in [-0.15, -0.1) is 0 Å². The van der Waals surface area contributed by atoms with Crippen LogP contribution in [0, 0.1) is 0 Å². The number of amides is 1. The number of ether oxygens (including phenoxy) is 3. The van der Waals surface area contributed by atoms with Crippen LogP contribution in [-0.4, -0.2) is 37.0 Å². The Kier molecular flexibility index (Phi) is 3.07. The van der Waals surface area contributed by atoms with Gasteiger partial charge in [0.2, 0.25) is 0 Å². The van der Waals surface area contributed by atoms with Gasteiger partial charge in [0.1, 0.15) is 5.75 Å². The summed E-state index contributed by atoms with van der Waals surface area (Å²) in [7, 11) is 2.64. The molecule has 19 heavy (non-hydrogen) atoms. The Morgan fingerprint density at radius 2 is 2.11 bits per heavy atom. The van der Waals surface area contributed by atoms with Crippen LogP contribution in [0.3, 0.4) is 0 Å². The molecule has 0 spiro atoms. The van der Waals surface area contributed by atoms with Gasteiger partial charge in [0, 0.05) is 13.0 Å². The fourth-order valence-electron chi connectivity index (χ4n) is 1.68. The monoisotopic (exact) mass is 267 g/mol. The summed E-state index contributed by atoms with van der Waals surface area (Å²) in [5, 5.41) is 12.2. The third-order valence-corrected chi connectivity index (χ3v) is 2.69. The molecule has 1 unspecified atom stereocenters. The van der Waals surface area contributed by atoms with Crippen molar-refractivity contribution in [1.82, 2.24) is 0 Å². The van der Waals surface area contributed by atoms with Crippen molar-refractivity contribution in [3.8, 4) is 11.5 Å². The number of methoxy groups -OCH3 is 2. The second-order valence-electron chi connectivity index (χ2n) is 4.08. The lowest BCUT2D eigenvalue weighted by molar-refractivity contribution is -0.165. The van der Waals surface area contributed by atoms with E-state index in [4.69, 9.17) is 9.47 Å². The van der Waals surface area contributed by atoms with E-state index in [-0.39, 0.29) is 17.0 Å². The fourth-order valence-corrected chi connectivity index (χ4v) is 1.68. The summed E-state index contributed by atoms with van der Waals surface area (Å²) in [5.74, 6) is -2.96. The molecular weight excluding hydrogens is 254 g/mol. The van der Waals surface area contributed by atoms with Crippen LogP contribution in [0.2, 0.25) is 0 Å². The third kappa shape index (κ3) is 2.19. The zero-order valence-electron chi connectivity index (χ0n) is 10.6. The van der Waals surface area contributed by atoms with Crippen LogP contribution in [-0.2, 0) is 9.53 Å². The Labute approximate surface area is 109 Å². The second kappa shape index (κ2) is 4.43. The first-order valence-corrected chi connectivity index (χ1v) is 5.42. The van der Waals surface area contributed by atoms with Gasteiger partial charge in [0.05, 0.1) is 25.5 Å². The van der Waals surface area contributed by atoms with Gasteiger partial charge in [-0.2, -0.15) is 0 Å². The Balaban J connectivity index is 2.59. The van der Waals surface area contributed by atoms with Crippen molar-refractivity contribution in [3.63, 3.8) is 0 Å². The fraction of sp³-hybridized carbons (Fsp3) is 0.333. The molecule has 0 aromatic heterocycles. The van der Waals surface area contributed by atoms with Crippen LogP contribution >= 0.6 is 0 Å². The normalized spacial score (nSPS) is 20.9. The van der Waals surface area contributed by atoms with E-state index in [0.29, 0.717) is 5.75 Å². The molecule has 0 aliphatic carbocycles. The van der Waals surface area contributed by atoms with Gasteiger partial charge in [-0.05, 0) is 6.07 Å². The first-order chi connectivity index (χ1) is 8.89. The van der Waals surface area contributed by atoms with Crippen LogP contribution in [0.1, 0.15) is 17.3 Å². The minimum atomic E-state index is -2.01. The molecule has 0 radical (unpaired) electrons. The SMILES string of the molecule is COC(=O)c1cc(OC)cc2c1NC(=O)C(C)(O)O2. The summed E-state index contributed by atoms with van der Waals surface area (Å²) in [5.41, 5.74) is 0.227. The standard InChI is InChI=1S/C12H13NO6/c1-12(16)11(15)13-9-7(10(14)18-3)4-6(17-2)5-8(9)19-12/h4-5,16H,1-3H3,(H,13,15). The van der Waals surface area contributed by atoms with Crippen molar-refractivity contribution in [1.29, 1.82) is 0 Å². The maximum absolute atomic E-state index is 11.7. The number of fused-ring (bicyclic) bond motifs is 1. The number of esters is 1. The van der Waals surface area contributed by atoms with E-state index in [1.807, 2.05) is 0 Å². The van der Waals surface area contributed by atoms with Crippen molar-refractivity contribution in [3.05, 3.63) is 17.7 Å². The third-order valence-electron chi connectivity index (χ3n) is 2.69. The maximum atomic E-state index is 11.7. The highest BCUT2D eigenvalue weighted by atomic mass is 16.6. The van der Waals surface area contributed by atoms with E-state index < -0.39 is 17.7 Å². The molecule has 102 valence electrons. The zero-order valence-corrected chi connectivity index (χ0v) is 10.6. The minimum Gasteiger partial charge on any atom is -0.497 e. The van der Waals surface area contributed by atoms with Gasteiger partial charge in [0.15, 0.2) is 5.75 Å². The highest BCUT2D eigenvalue weighted by Crippen LogP contribution is 2.39. The van der Waals surface area contributed by atoms with Gasteiger partial charge < -0.3 is 24.6 Å². The Hall–Kier alpha value is -2.28. The quantitative estimate of drug-likeness (QED) is 0.759. The number of hydrogen-bond acceptors (Lipinski definition) is 6. The van der Waals surface area contributed by atoms with Crippen LogP contribution in [0.5, 0.6) is 11.5 Å². The molecule has 1 amide bonds. The van der Waals surface area contributed by atoms with Crippen LogP contribution in [0.15, 0.2) is 12.1 Å². The number of anilines is 1. The molecule has 1 aromatic carbocycles. The van der Waals surface area contributed by atoms with E-state index in [1.54, 1.807) is 0 Å². The topological polar surface area (TPSA) is 94.1 Å². The number of carbonyl (C=O) groups excluding carboxylic acids is 2. The van der Waals surface area contributed by atoms with Crippen LogP contribution in [0.25, 0.3) is 0 Å². The summed E-state index contributed by atoms with van der Waals surface area (Å²) in [6.45, 7) is 1.20. The number of hydrogen-bond donors (Lipinski definition) is 2. The molecule has 0 fully saturated rings. The van der Waals surface area contributed by atoms with Gasteiger partial charge >= 0.3 is 5.97 Å². The van der Waals surface area contributed by atoms with Crippen LogP contribution in [0.4, 0.5) is 5.69 Å². The Morgan fingerprint density at radius 3 is 2.68 bits per heavy atom. The lowest BCUT2D eigenvalue weighted by Gasteiger charge is -2.31. The van der Waals surface area contributed by atoms with Crippen molar-refractivity contribution >= 4 is 17.6 Å². The molecule has 1 atom stereocenters. The van der Waals surface area contributed by atoms with E-state index in [0.717, 1.165) is 0 Å². The predicted octanol–water partition coefficient (Wildman–Crippen LogP) is 0.521. The molecule has 1 aliphatic heterocycles. The highest BCUT2D eigenvalue weighted by molar-refractivity contribution is 6.06. The van der Waals surface area contributed by atoms with Crippen molar-refractivity contribution < 1.29 is 28.9 Å². The number of nitrogens with one attached hydrogen (secondary N) is 1. The maximum Gasteiger partial charge on any atom is 0.340 e. The number of benzene rings is 1.